The summed E-state index contributed by atoms with van der Waals surface area (Å²) in [5.41, 5.74) is 0. The molecule has 0 saturated heterocycles. The Morgan fingerprint density at radius 3 is 3.00 bits per heavy atom. The number of thiophene rings is 1. The van der Waals surface area contributed by atoms with E-state index in [2.05, 4.69) is 11.9 Å². The number of aryl methyl sites for hydroxylation is 1. The lowest BCUT2D eigenvalue weighted by molar-refractivity contribution is 0.476. The van der Waals surface area contributed by atoms with Gasteiger partial charge in [-0.3, -0.25) is 4.98 Å². The highest BCUT2D eigenvalue weighted by Gasteiger charge is 2.09. The van der Waals surface area contributed by atoms with E-state index in [1.807, 2.05) is 6.07 Å². The van der Waals surface area contributed by atoms with Crippen LogP contribution in [0.3, 0.4) is 0 Å². The number of pyridine rings is 1. The van der Waals surface area contributed by atoms with E-state index in [1.165, 1.54) is 12.8 Å². The smallest absolute Gasteiger partial charge is 0.138 e. The fourth-order valence-corrected chi connectivity index (χ4v) is 2.79. The first kappa shape index (κ1) is 10.4. The minimum atomic E-state index is 0.444. The zero-order valence-corrected chi connectivity index (χ0v) is 9.68. The third-order valence-corrected chi connectivity index (χ3v) is 3.76. The number of aromatic nitrogens is 1. The van der Waals surface area contributed by atoms with Crippen LogP contribution in [0.25, 0.3) is 10.1 Å². The summed E-state index contributed by atoms with van der Waals surface area (Å²) in [6.45, 7) is 2.19. The molecular formula is C12H15NOS. The number of fused-ring (bicyclic) bond motifs is 1. The first-order valence-electron chi connectivity index (χ1n) is 5.37. The Balaban J connectivity index is 2.24. The van der Waals surface area contributed by atoms with Gasteiger partial charge in [0, 0.05) is 22.0 Å². The molecule has 0 saturated carbocycles. The van der Waals surface area contributed by atoms with Crippen LogP contribution < -0.4 is 0 Å². The van der Waals surface area contributed by atoms with Crippen molar-refractivity contribution in [2.24, 2.45) is 0 Å². The van der Waals surface area contributed by atoms with Crippen LogP contribution in [0, 0.1) is 0 Å². The number of nitrogens with zero attached hydrogens (tertiary/aromatic N) is 1. The summed E-state index contributed by atoms with van der Waals surface area (Å²) < 4.78 is 1.13. The molecule has 2 nitrogen and oxygen atoms in total. The average Bonchev–Trinajstić information content (AvgIpc) is 2.57. The highest BCUT2D eigenvalue weighted by Crippen LogP contribution is 2.36. The molecule has 15 heavy (non-hydrogen) atoms. The van der Waals surface area contributed by atoms with Crippen LogP contribution >= 0.6 is 11.3 Å². The molecule has 1 N–H and O–H groups in total. The summed E-state index contributed by atoms with van der Waals surface area (Å²) in [5.74, 6) is 0.444. The van der Waals surface area contributed by atoms with Gasteiger partial charge in [-0.25, -0.2) is 0 Å². The predicted octanol–water partition coefficient (Wildman–Crippen LogP) is 3.73. The van der Waals surface area contributed by atoms with Crippen LogP contribution in [-0.4, -0.2) is 10.1 Å². The van der Waals surface area contributed by atoms with E-state index in [-0.39, 0.29) is 0 Å². The summed E-state index contributed by atoms with van der Waals surface area (Å²) >= 11 is 1.68. The molecule has 80 valence electrons. The van der Waals surface area contributed by atoms with E-state index in [0.29, 0.717) is 5.75 Å². The van der Waals surface area contributed by atoms with E-state index in [9.17, 15) is 5.11 Å². The molecule has 0 radical (unpaired) electrons. The molecule has 0 atom stereocenters. The van der Waals surface area contributed by atoms with Crippen molar-refractivity contribution in [2.75, 3.05) is 0 Å². The van der Waals surface area contributed by atoms with Gasteiger partial charge in [0.2, 0.25) is 0 Å². The number of unbranched alkanes of at least 4 members (excludes halogenated alkanes) is 2. The maximum absolute atomic E-state index is 9.96. The van der Waals surface area contributed by atoms with Gasteiger partial charge in [0.1, 0.15) is 5.75 Å². The van der Waals surface area contributed by atoms with Gasteiger partial charge in [-0.2, -0.15) is 0 Å². The van der Waals surface area contributed by atoms with Gasteiger partial charge in [-0.15, -0.1) is 11.3 Å². The largest absolute Gasteiger partial charge is 0.506 e. The number of rotatable bonds is 4. The van der Waals surface area contributed by atoms with Crippen molar-refractivity contribution < 1.29 is 5.11 Å². The Kier molecular flexibility index (Phi) is 3.21. The molecular weight excluding hydrogens is 206 g/mol. The Bertz CT molecular complexity index is 450. The zero-order valence-electron chi connectivity index (χ0n) is 8.86. The summed E-state index contributed by atoms with van der Waals surface area (Å²) in [6, 6.07) is 1.96. The zero-order chi connectivity index (χ0) is 10.7. The third kappa shape index (κ3) is 2.12. The first-order valence-corrected chi connectivity index (χ1v) is 6.19. The molecule has 0 aliphatic carbocycles. The van der Waals surface area contributed by atoms with Crippen LogP contribution in [0.1, 0.15) is 31.1 Å². The second kappa shape index (κ2) is 4.62. The van der Waals surface area contributed by atoms with Crippen LogP contribution in [0.15, 0.2) is 18.5 Å². The van der Waals surface area contributed by atoms with Crippen molar-refractivity contribution in [3.8, 4) is 5.75 Å². The lowest BCUT2D eigenvalue weighted by Gasteiger charge is -1.96. The van der Waals surface area contributed by atoms with Crippen LogP contribution in [0.4, 0.5) is 0 Å². The fourth-order valence-electron chi connectivity index (χ4n) is 1.68. The molecule has 0 spiro atoms. The normalized spacial score (nSPS) is 11.0. The maximum Gasteiger partial charge on any atom is 0.138 e. The minimum absolute atomic E-state index is 0.444. The second-order valence-corrected chi connectivity index (χ2v) is 4.84. The monoisotopic (exact) mass is 221 g/mol. The van der Waals surface area contributed by atoms with Crippen molar-refractivity contribution in [1.29, 1.82) is 0 Å². The van der Waals surface area contributed by atoms with Crippen molar-refractivity contribution in [2.45, 2.75) is 32.6 Å². The fraction of sp³-hybridized carbons (Fsp3) is 0.417. The van der Waals surface area contributed by atoms with Crippen LogP contribution in [-0.2, 0) is 6.42 Å². The van der Waals surface area contributed by atoms with Gasteiger partial charge in [0.15, 0.2) is 0 Å². The maximum atomic E-state index is 9.96. The molecule has 2 heterocycles. The lowest BCUT2D eigenvalue weighted by atomic mass is 10.1. The van der Waals surface area contributed by atoms with Crippen molar-refractivity contribution in [1.82, 2.24) is 4.98 Å². The van der Waals surface area contributed by atoms with Gasteiger partial charge in [0.05, 0.1) is 5.39 Å². The Morgan fingerprint density at radius 1 is 1.40 bits per heavy atom. The van der Waals surface area contributed by atoms with Gasteiger partial charge >= 0.3 is 0 Å². The summed E-state index contributed by atoms with van der Waals surface area (Å²) in [7, 11) is 0. The first-order chi connectivity index (χ1) is 7.33. The summed E-state index contributed by atoms with van der Waals surface area (Å²) in [4.78, 5) is 5.13. The standard InChI is InChI=1S/C12H15NOS/c1-2-3-4-5-11-12(14)9-8-13-7-6-10(9)15-11/h6-8,14H,2-5H2,1H3. The number of aromatic hydroxyl groups is 1. The van der Waals surface area contributed by atoms with Gasteiger partial charge < -0.3 is 5.11 Å². The highest BCUT2D eigenvalue weighted by atomic mass is 32.1. The lowest BCUT2D eigenvalue weighted by Crippen LogP contribution is -1.80. The minimum Gasteiger partial charge on any atom is -0.506 e. The molecule has 2 aromatic rings. The molecule has 2 rings (SSSR count). The molecule has 3 heteroatoms. The average molecular weight is 221 g/mol. The van der Waals surface area contributed by atoms with E-state index < -0.39 is 0 Å². The molecule has 0 bridgehead atoms. The van der Waals surface area contributed by atoms with Gasteiger partial charge in [0.25, 0.3) is 0 Å². The van der Waals surface area contributed by atoms with Crippen LogP contribution in [0.5, 0.6) is 5.75 Å². The highest BCUT2D eigenvalue weighted by molar-refractivity contribution is 7.19. The number of hydrogen-bond acceptors (Lipinski definition) is 3. The van der Waals surface area contributed by atoms with E-state index >= 15 is 0 Å². The Labute approximate surface area is 93.6 Å². The molecule has 0 amide bonds. The third-order valence-electron chi connectivity index (χ3n) is 2.54. The second-order valence-electron chi connectivity index (χ2n) is 3.70. The van der Waals surface area contributed by atoms with Gasteiger partial charge in [-0.1, -0.05) is 19.8 Å². The molecule has 0 fully saturated rings. The molecule has 0 aliphatic rings. The molecule has 0 aliphatic heterocycles. The van der Waals surface area contributed by atoms with Crippen LogP contribution in [0.2, 0.25) is 0 Å². The molecule has 0 aromatic carbocycles. The van der Waals surface area contributed by atoms with Crippen molar-refractivity contribution in [3.05, 3.63) is 23.3 Å². The van der Waals surface area contributed by atoms with Crippen molar-refractivity contribution in [3.63, 3.8) is 0 Å². The number of hydrogen-bond donors (Lipinski definition) is 1. The topological polar surface area (TPSA) is 33.1 Å². The SMILES string of the molecule is CCCCCc1sc2ccncc2c1O. The summed E-state index contributed by atoms with van der Waals surface area (Å²) in [6.07, 6.45) is 8.10. The molecule has 2 aromatic heterocycles. The van der Waals surface area contributed by atoms with Crippen molar-refractivity contribution >= 4 is 21.4 Å². The Morgan fingerprint density at radius 2 is 2.27 bits per heavy atom. The summed E-state index contributed by atoms with van der Waals surface area (Å²) in [5, 5.41) is 10.9. The Hall–Kier alpha value is -1.09. The van der Waals surface area contributed by atoms with E-state index in [1.54, 1.807) is 23.7 Å². The van der Waals surface area contributed by atoms with E-state index in [0.717, 1.165) is 27.8 Å². The molecule has 0 unspecified atom stereocenters. The quantitative estimate of drug-likeness (QED) is 0.798. The predicted molar refractivity (Wildman–Crippen MR) is 64.5 cm³/mol. The van der Waals surface area contributed by atoms with E-state index in [4.69, 9.17) is 0 Å². The van der Waals surface area contributed by atoms with Gasteiger partial charge in [-0.05, 0) is 18.9 Å².